The molecule has 0 unspecified atom stereocenters. The Morgan fingerprint density at radius 2 is 1.87 bits per heavy atom. The number of ether oxygens (including phenoxy) is 3. The van der Waals surface area contributed by atoms with E-state index in [-0.39, 0.29) is 6.61 Å². The molecule has 2 rings (SSSR count). The summed E-state index contributed by atoms with van der Waals surface area (Å²) in [6.45, 7) is 1.81. The number of benzene rings is 1. The number of rotatable bonds is 4. The van der Waals surface area contributed by atoms with Crippen molar-refractivity contribution in [3.8, 4) is 0 Å². The van der Waals surface area contributed by atoms with Crippen LogP contribution in [0.15, 0.2) is 30.3 Å². The molecule has 1 aliphatic rings. The third-order valence-corrected chi connectivity index (χ3v) is 2.43. The van der Waals surface area contributed by atoms with Crippen LogP contribution in [0.25, 0.3) is 0 Å². The number of hydrogen-bond donors (Lipinski definition) is 0. The van der Waals surface area contributed by atoms with Gasteiger partial charge in [-0.3, -0.25) is 0 Å². The maximum Gasteiger partial charge on any atom is 0.272 e. The molecule has 0 radical (unpaired) electrons. The zero-order valence-electron chi connectivity index (χ0n) is 8.32. The molecule has 0 spiro atoms. The lowest BCUT2D eigenvalue weighted by molar-refractivity contribution is -0.133. The summed E-state index contributed by atoms with van der Waals surface area (Å²) in [5.74, 6) is 0. The van der Waals surface area contributed by atoms with E-state index in [4.69, 9.17) is 25.8 Å². The summed E-state index contributed by atoms with van der Waals surface area (Å²) in [6, 6.07) is 9.90. The molecule has 0 aromatic heterocycles. The van der Waals surface area contributed by atoms with E-state index in [0.717, 1.165) is 5.56 Å². The van der Waals surface area contributed by atoms with Gasteiger partial charge in [-0.15, -0.1) is 0 Å². The summed E-state index contributed by atoms with van der Waals surface area (Å²) >= 11 is 5.97. The van der Waals surface area contributed by atoms with Crippen LogP contribution in [0.3, 0.4) is 0 Å². The first-order valence-corrected chi connectivity index (χ1v) is 5.25. The van der Waals surface area contributed by atoms with E-state index >= 15 is 0 Å². The van der Waals surface area contributed by atoms with Gasteiger partial charge in [0.05, 0.1) is 19.8 Å². The molecule has 1 fully saturated rings. The van der Waals surface area contributed by atoms with Crippen LogP contribution >= 0.6 is 11.6 Å². The van der Waals surface area contributed by atoms with Gasteiger partial charge in [0.25, 0.3) is 5.25 Å². The maximum atomic E-state index is 5.97. The second kappa shape index (κ2) is 4.94. The Balaban J connectivity index is 1.75. The zero-order chi connectivity index (χ0) is 10.6. The van der Waals surface area contributed by atoms with Crippen molar-refractivity contribution in [3.05, 3.63) is 35.9 Å². The monoisotopic (exact) mass is 228 g/mol. The molecule has 1 saturated heterocycles. The van der Waals surface area contributed by atoms with Crippen LogP contribution in [0.2, 0.25) is 0 Å². The summed E-state index contributed by atoms with van der Waals surface area (Å²) < 4.78 is 15.8. The zero-order valence-corrected chi connectivity index (χ0v) is 9.07. The highest BCUT2D eigenvalue weighted by Crippen LogP contribution is 2.24. The second-order valence-electron chi connectivity index (χ2n) is 3.34. The first-order chi connectivity index (χ1) is 7.29. The average molecular weight is 229 g/mol. The number of alkyl halides is 1. The largest absolute Gasteiger partial charge is 0.370 e. The Hall–Kier alpha value is -0.610. The van der Waals surface area contributed by atoms with Gasteiger partial charge in [-0.05, 0) is 5.56 Å². The topological polar surface area (TPSA) is 27.7 Å². The number of hydrogen-bond acceptors (Lipinski definition) is 3. The van der Waals surface area contributed by atoms with Gasteiger partial charge in [-0.25, -0.2) is 0 Å². The van der Waals surface area contributed by atoms with Gasteiger partial charge in [-0.1, -0.05) is 41.9 Å². The molecule has 0 N–H and O–H groups in total. The van der Waals surface area contributed by atoms with Crippen molar-refractivity contribution in [2.75, 3.05) is 19.8 Å². The molecule has 0 bridgehead atoms. The SMILES string of the molecule is ClC1(COCc2ccccc2)OCCO1. The van der Waals surface area contributed by atoms with Crippen molar-refractivity contribution in [2.45, 2.75) is 11.9 Å². The smallest absolute Gasteiger partial charge is 0.272 e. The lowest BCUT2D eigenvalue weighted by atomic mass is 10.2. The van der Waals surface area contributed by atoms with E-state index < -0.39 is 5.25 Å². The molecule has 1 aromatic rings. The fourth-order valence-electron chi connectivity index (χ4n) is 1.38. The molecule has 82 valence electrons. The van der Waals surface area contributed by atoms with Gasteiger partial charge in [0.2, 0.25) is 0 Å². The fourth-order valence-corrected chi connectivity index (χ4v) is 1.61. The van der Waals surface area contributed by atoms with Gasteiger partial charge in [0, 0.05) is 0 Å². The van der Waals surface area contributed by atoms with Crippen LogP contribution in [0.1, 0.15) is 5.56 Å². The minimum atomic E-state index is -1.07. The molecular weight excluding hydrogens is 216 g/mol. The lowest BCUT2D eigenvalue weighted by Crippen LogP contribution is -2.28. The quantitative estimate of drug-likeness (QED) is 0.739. The van der Waals surface area contributed by atoms with Crippen LogP contribution in [-0.2, 0) is 20.8 Å². The lowest BCUT2D eigenvalue weighted by Gasteiger charge is -2.18. The minimum Gasteiger partial charge on any atom is -0.370 e. The number of halogens is 1. The van der Waals surface area contributed by atoms with Crippen molar-refractivity contribution < 1.29 is 14.2 Å². The third-order valence-electron chi connectivity index (χ3n) is 2.10. The Morgan fingerprint density at radius 3 is 2.53 bits per heavy atom. The van der Waals surface area contributed by atoms with Crippen molar-refractivity contribution >= 4 is 11.6 Å². The maximum absolute atomic E-state index is 5.97. The molecule has 0 aliphatic carbocycles. The van der Waals surface area contributed by atoms with Crippen LogP contribution < -0.4 is 0 Å². The van der Waals surface area contributed by atoms with Gasteiger partial charge >= 0.3 is 0 Å². The van der Waals surface area contributed by atoms with Gasteiger partial charge < -0.3 is 14.2 Å². The summed E-state index contributed by atoms with van der Waals surface area (Å²) in [7, 11) is 0. The molecule has 0 atom stereocenters. The highest BCUT2D eigenvalue weighted by molar-refractivity contribution is 6.22. The third kappa shape index (κ3) is 3.18. The predicted molar refractivity (Wildman–Crippen MR) is 56.6 cm³/mol. The molecule has 3 nitrogen and oxygen atoms in total. The van der Waals surface area contributed by atoms with Gasteiger partial charge in [0.15, 0.2) is 0 Å². The van der Waals surface area contributed by atoms with Crippen molar-refractivity contribution in [1.82, 2.24) is 0 Å². The van der Waals surface area contributed by atoms with Gasteiger partial charge in [-0.2, -0.15) is 0 Å². The standard InChI is InChI=1S/C11H13ClO3/c12-11(14-6-7-15-11)9-13-8-10-4-2-1-3-5-10/h1-5H,6-9H2. The first kappa shape index (κ1) is 10.9. The molecular formula is C11H13ClO3. The highest BCUT2D eigenvalue weighted by atomic mass is 35.5. The van der Waals surface area contributed by atoms with Crippen LogP contribution in [0, 0.1) is 0 Å². The van der Waals surface area contributed by atoms with E-state index in [1.54, 1.807) is 0 Å². The van der Waals surface area contributed by atoms with E-state index in [1.165, 1.54) is 0 Å². The molecule has 0 amide bonds. The van der Waals surface area contributed by atoms with Crippen LogP contribution in [0.5, 0.6) is 0 Å². The fraction of sp³-hybridized carbons (Fsp3) is 0.455. The molecule has 1 aromatic carbocycles. The van der Waals surface area contributed by atoms with Crippen molar-refractivity contribution in [3.63, 3.8) is 0 Å². The van der Waals surface area contributed by atoms with Crippen LogP contribution in [0.4, 0.5) is 0 Å². The normalized spacial score (nSPS) is 19.3. The van der Waals surface area contributed by atoms with Crippen molar-refractivity contribution in [1.29, 1.82) is 0 Å². The van der Waals surface area contributed by atoms with E-state index in [2.05, 4.69) is 0 Å². The highest BCUT2D eigenvalue weighted by Gasteiger charge is 2.34. The molecule has 4 heteroatoms. The van der Waals surface area contributed by atoms with E-state index in [9.17, 15) is 0 Å². The summed E-state index contributed by atoms with van der Waals surface area (Å²) in [4.78, 5) is 0. The van der Waals surface area contributed by atoms with E-state index in [1.807, 2.05) is 30.3 Å². The average Bonchev–Trinajstić information content (AvgIpc) is 2.67. The second-order valence-corrected chi connectivity index (χ2v) is 3.91. The Bertz CT molecular complexity index is 296. The summed E-state index contributed by atoms with van der Waals surface area (Å²) in [5, 5.41) is -1.07. The van der Waals surface area contributed by atoms with Crippen LogP contribution in [-0.4, -0.2) is 25.1 Å². The summed E-state index contributed by atoms with van der Waals surface area (Å²) in [5.41, 5.74) is 1.11. The Kier molecular flexibility index (Phi) is 3.59. The predicted octanol–water partition coefficient (Wildman–Crippen LogP) is 2.14. The Labute approximate surface area is 93.9 Å². The molecule has 0 saturated carbocycles. The van der Waals surface area contributed by atoms with E-state index in [0.29, 0.717) is 19.8 Å². The summed E-state index contributed by atoms with van der Waals surface area (Å²) in [6.07, 6.45) is 0. The van der Waals surface area contributed by atoms with Crippen molar-refractivity contribution in [2.24, 2.45) is 0 Å². The first-order valence-electron chi connectivity index (χ1n) is 4.87. The van der Waals surface area contributed by atoms with Gasteiger partial charge in [0.1, 0.15) is 6.61 Å². The molecule has 1 heterocycles. The Morgan fingerprint density at radius 1 is 1.20 bits per heavy atom. The molecule has 1 aliphatic heterocycles. The minimum absolute atomic E-state index is 0.240. The molecule has 15 heavy (non-hydrogen) atoms.